The molecule has 12 heteroatoms. The summed E-state index contributed by atoms with van der Waals surface area (Å²) in [4.78, 5) is 26.0. The van der Waals surface area contributed by atoms with Gasteiger partial charge in [0, 0.05) is 43.6 Å². The van der Waals surface area contributed by atoms with Gasteiger partial charge in [-0.15, -0.1) is 0 Å². The van der Waals surface area contributed by atoms with E-state index >= 15 is 4.39 Å². The van der Waals surface area contributed by atoms with Crippen molar-refractivity contribution in [2.75, 3.05) is 6.61 Å². The number of alkyl halides is 1. The number of fused-ring (bicyclic) bond motifs is 3. The summed E-state index contributed by atoms with van der Waals surface area (Å²) in [6.45, 7) is 8.11. The summed E-state index contributed by atoms with van der Waals surface area (Å²) in [7, 11) is -1.73. The number of nitrogens with zero attached hydrogens (tertiary/aromatic N) is 3. The zero-order valence-electron chi connectivity index (χ0n) is 19.2. The van der Waals surface area contributed by atoms with Gasteiger partial charge in [-0.2, -0.15) is 5.26 Å². The van der Waals surface area contributed by atoms with E-state index in [1.54, 1.807) is 0 Å². The highest BCUT2D eigenvalue weighted by Crippen LogP contribution is 2.72. The second-order valence-electron chi connectivity index (χ2n) is 9.64. The highest BCUT2D eigenvalue weighted by molar-refractivity contribution is 7.44. The molecule has 4 rings (SSSR count). The predicted molar refractivity (Wildman–Crippen MR) is 117 cm³/mol. The molecule has 1 saturated heterocycles. The van der Waals surface area contributed by atoms with Crippen LogP contribution in [0, 0.1) is 11.3 Å². The molecule has 33 heavy (non-hydrogen) atoms. The summed E-state index contributed by atoms with van der Waals surface area (Å²) in [5.74, 6) is 0. The minimum atomic E-state index is -1.83. The Labute approximate surface area is 192 Å². The van der Waals surface area contributed by atoms with Crippen LogP contribution >= 0.6 is 8.53 Å². The van der Waals surface area contributed by atoms with Crippen LogP contribution in [-0.4, -0.2) is 61.0 Å². The molecular weight excluding hydrogens is 454 g/mol. The standard InChI is InChI=1S/C21H30FN4O6P/c1-13(2)26(14(3)4)33(30-9-5-7-23)32-19-10-16(25-8-6-15(27)24-18(25)28)31-17(19)21(29)12-20(21,22)11-19/h6,8,13-14,16-17,29H,5,9-12H2,1-4H3,(H,24,27,28)/t16-,17+,19-,20+,21+,33?/m1/s1. The molecule has 0 radical (unpaired) electrons. The molecule has 1 aliphatic heterocycles. The second kappa shape index (κ2) is 8.52. The van der Waals surface area contributed by atoms with Gasteiger partial charge in [0.1, 0.15) is 29.2 Å². The summed E-state index contributed by atoms with van der Waals surface area (Å²) in [5, 5.41) is 20.0. The number of rotatable bonds is 9. The first kappa shape index (κ1) is 24.5. The zero-order valence-corrected chi connectivity index (χ0v) is 20.0. The lowest BCUT2D eigenvalue weighted by Crippen LogP contribution is -2.45. The smallest absolute Gasteiger partial charge is 0.330 e. The lowest BCUT2D eigenvalue weighted by Gasteiger charge is -2.41. The fourth-order valence-electron chi connectivity index (χ4n) is 5.22. The number of H-pyrrole nitrogens is 1. The van der Waals surface area contributed by atoms with Gasteiger partial charge in [-0.25, -0.2) is 13.9 Å². The summed E-state index contributed by atoms with van der Waals surface area (Å²) in [6, 6.07) is 3.31. The third-order valence-corrected chi connectivity index (χ3v) is 8.81. The molecule has 3 aliphatic rings. The van der Waals surface area contributed by atoms with Crippen LogP contribution in [0.4, 0.5) is 4.39 Å². The van der Waals surface area contributed by atoms with Gasteiger partial charge >= 0.3 is 5.69 Å². The first-order valence-electron chi connectivity index (χ1n) is 11.1. The Morgan fingerprint density at radius 2 is 2.09 bits per heavy atom. The molecule has 0 amide bonds. The van der Waals surface area contributed by atoms with Gasteiger partial charge in [-0.05, 0) is 27.7 Å². The fraction of sp³-hybridized carbons (Fsp3) is 0.762. The van der Waals surface area contributed by atoms with Gasteiger partial charge in [0.2, 0.25) is 0 Å². The summed E-state index contributed by atoms with van der Waals surface area (Å²) >= 11 is 0. The monoisotopic (exact) mass is 484 g/mol. The largest absolute Gasteiger partial charge is 0.384 e. The van der Waals surface area contributed by atoms with Crippen LogP contribution in [0.25, 0.3) is 0 Å². The number of aromatic nitrogens is 2. The van der Waals surface area contributed by atoms with E-state index in [-0.39, 0.29) is 44.4 Å². The molecule has 1 aromatic heterocycles. The number of nitrogens with one attached hydrogen (secondary N) is 1. The molecule has 0 spiro atoms. The van der Waals surface area contributed by atoms with Crippen LogP contribution in [-0.2, 0) is 13.8 Å². The molecule has 0 bridgehead atoms. The average Bonchev–Trinajstić information content (AvgIpc) is 2.98. The van der Waals surface area contributed by atoms with Crippen LogP contribution in [0.1, 0.15) is 59.6 Å². The quantitative estimate of drug-likeness (QED) is 0.403. The number of aliphatic hydroxyl groups is 1. The van der Waals surface area contributed by atoms with Crippen LogP contribution in [0.3, 0.4) is 0 Å². The Bertz CT molecular complexity index is 1050. The molecule has 2 saturated carbocycles. The molecule has 3 fully saturated rings. The average molecular weight is 484 g/mol. The van der Waals surface area contributed by atoms with Crippen molar-refractivity contribution in [1.29, 1.82) is 5.26 Å². The molecule has 2 aliphatic carbocycles. The highest BCUT2D eigenvalue weighted by Gasteiger charge is 2.86. The van der Waals surface area contributed by atoms with Gasteiger partial charge in [-0.3, -0.25) is 14.3 Å². The van der Waals surface area contributed by atoms with E-state index in [1.165, 1.54) is 16.8 Å². The van der Waals surface area contributed by atoms with E-state index < -0.39 is 49.0 Å². The van der Waals surface area contributed by atoms with Gasteiger partial charge < -0.3 is 18.9 Å². The lowest BCUT2D eigenvalue weighted by atomic mass is 9.92. The summed E-state index contributed by atoms with van der Waals surface area (Å²) in [6.07, 6.45) is -0.427. The maximum absolute atomic E-state index is 15.4. The van der Waals surface area contributed by atoms with Crippen LogP contribution in [0.2, 0.25) is 0 Å². The van der Waals surface area contributed by atoms with Gasteiger partial charge in [0.15, 0.2) is 0 Å². The van der Waals surface area contributed by atoms with Crippen LogP contribution < -0.4 is 11.2 Å². The van der Waals surface area contributed by atoms with E-state index in [2.05, 4.69) is 4.98 Å². The maximum Gasteiger partial charge on any atom is 0.330 e. The van der Waals surface area contributed by atoms with Crippen molar-refractivity contribution >= 4 is 8.53 Å². The summed E-state index contributed by atoms with van der Waals surface area (Å²) in [5.41, 5.74) is -5.96. The van der Waals surface area contributed by atoms with Gasteiger partial charge in [0.05, 0.1) is 19.1 Å². The molecule has 1 unspecified atom stereocenters. The van der Waals surface area contributed by atoms with Crippen molar-refractivity contribution < 1.29 is 23.3 Å². The first-order chi connectivity index (χ1) is 15.5. The SMILES string of the molecule is CC(C)N(C(C)C)P(OCCC#N)O[C@@]12C[C@H](n3ccc(=O)[nH]c3=O)O[C@@H]1[C@@]1(O)C[C@@]1(F)C2. The normalized spacial score (nSPS) is 35.6. The van der Waals surface area contributed by atoms with Crippen molar-refractivity contribution in [2.45, 2.75) is 94.7 Å². The minimum Gasteiger partial charge on any atom is -0.384 e. The van der Waals surface area contributed by atoms with Gasteiger partial charge in [0.25, 0.3) is 14.1 Å². The van der Waals surface area contributed by atoms with E-state index in [0.29, 0.717) is 0 Å². The molecule has 2 N–H and O–H groups in total. The minimum absolute atomic E-state index is 0.0337. The van der Waals surface area contributed by atoms with E-state index in [9.17, 15) is 14.7 Å². The van der Waals surface area contributed by atoms with Crippen molar-refractivity contribution in [2.24, 2.45) is 0 Å². The summed E-state index contributed by atoms with van der Waals surface area (Å²) < 4.78 is 37.2. The van der Waals surface area contributed by atoms with E-state index in [4.69, 9.17) is 19.0 Å². The molecule has 0 aromatic carbocycles. The Morgan fingerprint density at radius 1 is 1.39 bits per heavy atom. The van der Waals surface area contributed by atoms with Gasteiger partial charge in [-0.1, -0.05) is 0 Å². The number of ether oxygens (including phenoxy) is 1. The van der Waals surface area contributed by atoms with Crippen LogP contribution in [0.5, 0.6) is 0 Å². The van der Waals surface area contributed by atoms with Crippen LogP contribution in [0.15, 0.2) is 21.9 Å². The van der Waals surface area contributed by atoms with Crippen molar-refractivity contribution in [3.05, 3.63) is 33.1 Å². The Morgan fingerprint density at radius 3 is 2.70 bits per heavy atom. The molecule has 10 nitrogen and oxygen atoms in total. The second-order valence-corrected chi connectivity index (χ2v) is 11.0. The lowest BCUT2D eigenvalue weighted by molar-refractivity contribution is -0.105. The molecule has 6 atom stereocenters. The van der Waals surface area contributed by atoms with Crippen molar-refractivity contribution in [3.63, 3.8) is 0 Å². The molecule has 182 valence electrons. The van der Waals surface area contributed by atoms with Crippen molar-refractivity contribution in [1.82, 2.24) is 14.2 Å². The first-order valence-corrected chi connectivity index (χ1v) is 12.2. The molecule has 2 heterocycles. The zero-order chi connectivity index (χ0) is 24.2. The highest BCUT2D eigenvalue weighted by atomic mass is 31.2. The van der Waals surface area contributed by atoms with E-state index in [0.717, 1.165) is 0 Å². The number of nitriles is 1. The number of hydrogen-bond donors (Lipinski definition) is 2. The topological polar surface area (TPSA) is 130 Å². The van der Waals surface area contributed by atoms with Crippen molar-refractivity contribution in [3.8, 4) is 6.07 Å². The third kappa shape index (κ3) is 4.07. The number of hydrogen-bond acceptors (Lipinski definition) is 8. The maximum atomic E-state index is 15.4. The predicted octanol–water partition coefficient (Wildman–Crippen LogP) is 2.10. The molecule has 1 aromatic rings. The Balaban J connectivity index is 1.68. The Kier molecular flexibility index (Phi) is 6.32. The fourth-order valence-corrected chi connectivity index (χ4v) is 7.05. The number of halogens is 1. The van der Waals surface area contributed by atoms with E-state index in [1.807, 2.05) is 38.4 Å². The Hall–Kier alpha value is -1.67. The molecular formula is C21H30FN4O6P. The third-order valence-electron chi connectivity index (χ3n) is 6.59. The number of aromatic amines is 1.